The van der Waals surface area contributed by atoms with Gasteiger partial charge in [0.05, 0.1) is 11.3 Å². The van der Waals surface area contributed by atoms with E-state index in [1.54, 1.807) is 30.3 Å². The van der Waals surface area contributed by atoms with Gasteiger partial charge in [-0.1, -0.05) is 30.3 Å². The second kappa shape index (κ2) is 7.49. The van der Waals surface area contributed by atoms with Crippen LogP contribution in [0.25, 0.3) is 0 Å². The molecule has 0 saturated heterocycles. The smallest absolute Gasteiger partial charge is 0.314 e. The van der Waals surface area contributed by atoms with E-state index in [1.165, 1.54) is 18.9 Å². The van der Waals surface area contributed by atoms with E-state index >= 15 is 0 Å². The number of benzene rings is 2. The average molecular weight is 385 g/mol. The Kier molecular flexibility index (Phi) is 5.75. The fourth-order valence-corrected chi connectivity index (χ4v) is 3.72. The number of amides is 1. The summed E-state index contributed by atoms with van der Waals surface area (Å²) in [4.78, 5) is 13.7. The number of alkyl halides is 3. The molecule has 2 aromatic rings. The van der Waals surface area contributed by atoms with Gasteiger partial charge in [-0.15, -0.1) is 0 Å². The molecule has 2 rings (SSSR count). The highest BCUT2D eigenvalue weighted by molar-refractivity contribution is 7.92. The highest BCUT2D eigenvalue weighted by Gasteiger charge is 2.32. The van der Waals surface area contributed by atoms with Crippen molar-refractivity contribution >= 4 is 21.4 Å². The number of carbonyl (C=O) groups excluding carboxylic acids is 1. The fraction of sp³-hybridized carbons (Fsp3) is 0.278. The molecule has 1 atom stereocenters. The Hall–Kier alpha value is -2.35. The van der Waals surface area contributed by atoms with Gasteiger partial charge in [0, 0.05) is 12.7 Å². The predicted molar refractivity (Wildman–Crippen MR) is 93.4 cm³/mol. The van der Waals surface area contributed by atoms with Crippen molar-refractivity contribution < 1.29 is 26.4 Å². The van der Waals surface area contributed by atoms with Crippen LogP contribution in [0.5, 0.6) is 0 Å². The molecule has 0 bridgehead atoms. The number of sulfone groups is 1. The van der Waals surface area contributed by atoms with E-state index in [4.69, 9.17) is 0 Å². The van der Waals surface area contributed by atoms with Crippen molar-refractivity contribution in [1.82, 2.24) is 0 Å². The molecule has 0 spiro atoms. The van der Waals surface area contributed by atoms with Gasteiger partial charge in [-0.2, -0.15) is 13.2 Å². The summed E-state index contributed by atoms with van der Waals surface area (Å²) in [7, 11) is -2.41. The Labute approximate surface area is 150 Å². The molecule has 0 aliphatic carbocycles. The third-order valence-corrected chi connectivity index (χ3v) is 6.02. The number of hydrogen-bond donors (Lipinski definition) is 0. The topological polar surface area (TPSA) is 54.5 Å². The molecule has 0 aromatic heterocycles. The molecule has 0 aliphatic rings. The largest absolute Gasteiger partial charge is 0.416 e. The first-order valence-electron chi connectivity index (χ1n) is 7.72. The van der Waals surface area contributed by atoms with Gasteiger partial charge in [0.1, 0.15) is 5.25 Å². The maximum atomic E-state index is 12.6. The van der Waals surface area contributed by atoms with Crippen LogP contribution in [0.15, 0.2) is 54.6 Å². The van der Waals surface area contributed by atoms with E-state index in [-0.39, 0.29) is 5.56 Å². The van der Waals surface area contributed by atoms with Crippen LogP contribution in [0.1, 0.15) is 18.1 Å². The molecule has 4 nitrogen and oxygen atoms in total. The minimum absolute atomic E-state index is 0.194. The van der Waals surface area contributed by atoms with Crippen LogP contribution in [0.3, 0.4) is 0 Å². The zero-order valence-corrected chi connectivity index (χ0v) is 15.0. The summed E-state index contributed by atoms with van der Waals surface area (Å²) in [5.74, 6) is -1.12. The van der Waals surface area contributed by atoms with Crippen LogP contribution in [-0.4, -0.2) is 26.6 Å². The van der Waals surface area contributed by atoms with Gasteiger partial charge in [0.15, 0.2) is 9.84 Å². The van der Waals surface area contributed by atoms with Gasteiger partial charge < -0.3 is 4.90 Å². The normalized spacial score (nSPS) is 13.3. The zero-order valence-electron chi connectivity index (χ0n) is 14.2. The molecule has 0 radical (unpaired) electrons. The summed E-state index contributed by atoms with van der Waals surface area (Å²) in [6, 6.07) is 12.4. The Morgan fingerprint density at radius 1 is 1.04 bits per heavy atom. The molecular formula is C18H18F3NO3S. The second-order valence-electron chi connectivity index (χ2n) is 5.88. The van der Waals surface area contributed by atoms with E-state index in [0.717, 1.165) is 24.3 Å². The van der Waals surface area contributed by atoms with Crippen molar-refractivity contribution in [2.75, 3.05) is 11.9 Å². The van der Waals surface area contributed by atoms with Gasteiger partial charge >= 0.3 is 6.18 Å². The standard InChI is InChI=1S/C18H18F3NO3S/c1-13(17(23)22(2)16-6-4-3-5-7-16)26(24,25)12-14-8-10-15(11-9-14)18(19,20)21/h3-11,13H,12H2,1-2H3. The SMILES string of the molecule is CC(C(=O)N(C)c1ccccc1)S(=O)(=O)Cc1ccc(C(F)(F)F)cc1. The highest BCUT2D eigenvalue weighted by Crippen LogP contribution is 2.29. The predicted octanol–water partition coefficient (Wildman–Crippen LogP) is 3.67. The van der Waals surface area contributed by atoms with Crippen molar-refractivity contribution in [2.24, 2.45) is 0 Å². The van der Waals surface area contributed by atoms with Gasteiger partial charge in [-0.25, -0.2) is 8.42 Å². The molecule has 0 aliphatic heterocycles. The van der Waals surface area contributed by atoms with Crippen LogP contribution < -0.4 is 4.90 Å². The lowest BCUT2D eigenvalue weighted by atomic mass is 10.1. The van der Waals surface area contributed by atoms with Gasteiger partial charge in [-0.3, -0.25) is 4.79 Å². The molecule has 26 heavy (non-hydrogen) atoms. The summed E-state index contributed by atoms with van der Waals surface area (Å²) in [6.45, 7) is 1.28. The number of anilines is 1. The lowest BCUT2D eigenvalue weighted by Gasteiger charge is -2.21. The molecule has 0 saturated carbocycles. The monoisotopic (exact) mass is 385 g/mol. The molecule has 2 aromatic carbocycles. The Bertz CT molecular complexity index is 863. The number of halogens is 3. The molecule has 140 valence electrons. The van der Waals surface area contributed by atoms with Crippen molar-refractivity contribution in [1.29, 1.82) is 0 Å². The summed E-state index contributed by atoms with van der Waals surface area (Å²) in [6.07, 6.45) is -4.49. The van der Waals surface area contributed by atoms with Crippen LogP contribution in [-0.2, 0) is 26.6 Å². The minimum Gasteiger partial charge on any atom is -0.314 e. The Morgan fingerprint density at radius 2 is 1.58 bits per heavy atom. The average Bonchev–Trinajstić information content (AvgIpc) is 2.60. The molecule has 8 heteroatoms. The van der Waals surface area contributed by atoms with E-state index in [9.17, 15) is 26.4 Å². The van der Waals surface area contributed by atoms with Crippen LogP contribution in [0.2, 0.25) is 0 Å². The molecule has 0 fully saturated rings. The third kappa shape index (κ3) is 4.63. The van der Waals surface area contributed by atoms with Gasteiger partial charge in [0.25, 0.3) is 0 Å². The zero-order chi connectivity index (χ0) is 19.5. The van der Waals surface area contributed by atoms with E-state index in [0.29, 0.717) is 5.69 Å². The molecule has 1 amide bonds. The summed E-state index contributed by atoms with van der Waals surface area (Å²) in [5, 5.41) is -1.32. The number of carbonyl (C=O) groups is 1. The number of hydrogen-bond acceptors (Lipinski definition) is 3. The Morgan fingerprint density at radius 3 is 2.08 bits per heavy atom. The first-order valence-corrected chi connectivity index (χ1v) is 9.44. The van der Waals surface area contributed by atoms with Gasteiger partial charge in [0.2, 0.25) is 5.91 Å². The van der Waals surface area contributed by atoms with E-state index < -0.39 is 38.5 Å². The van der Waals surface area contributed by atoms with Crippen molar-refractivity contribution in [3.63, 3.8) is 0 Å². The van der Waals surface area contributed by atoms with Crippen LogP contribution >= 0.6 is 0 Å². The van der Waals surface area contributed by atoms with Crippen molar-refractivity contribution in [2.45, 2.75) is 24.1 Å². The van der Waals surface area contributed by atoms with Gasteiger partial charge in [-0.05, 0) is 36.8 Å². The van der Waals surface area contributed by atoms with Crippen LogP contribution in [0, 0.1) is 0 Å². The fourth-order valence-electron chi connectivity index (χ4n) is 2.35. The number of nitrogens with zero attached hydrogens (tertiary/aromatic N) is 1. The maximum Gasteiger partial charge on any atom is 0.416 e. The molecule has 1 unspecified atom stereocenters. The summed E-state index contributed by atoms with van der Waals surface area (Å²) >= 11 is 0. The Balaban J connectivity index is 2.15. The molecule has 0 N–H and O–H groups in total. The molecule has 0 heterocycles. The quantitative estimate of drug-likeness (QED) is 0.789. The number of rotatable bonds is 5. The van der Waals surface area contributed by atoms with E-state index in [2.05, 4.69) is 0 Å². The summed E-state index contributed by atoms with van der Waals surface area (Å²) < 4.78 is 62.7. The van der Waals surface area contributed by atoms with Crippen molar-refractivity contribution in [3.8, 4) is 0 Å². The highest BCUT2D eigenvalue weighted by atomic mass is 32.2. The van der Waals surface area contributed by atoms with E-state index in [1.807, 2.05) is 0 Å². The second-order valence-corrected chi connectivity index (χ2v) is 8.20. The number of para-hydroxylation sites is 1. The first-order chi connectivity index (χ1) is 12.0. The van der Waals surface area contributed by atoms with Crippen molar-refractivity contribution in [3.05, 3.63) is 65.7 Å². The first kappa shape index (κ1) is 20.0. The maximum absolute atomic E-state index is 12.6. The lowest BCUT2D eigenvalue weighted by molar-refractivity contribution is -0.137. The lowest BCUT2D eigenvalue weighted by Crippen LogP contribution is -2.39. The minimum atomic E-state index is -4.49. The van der Waals surface area contributed by atoms with Crippen LogP contribution in [0.4, 0.5) is 18.9 Å². The third-order valence-electron chi connectivity index (χ3n) is 4.01. The summed E-state index contributed by atoms with van der Waals surface area (Å²) in [5.41, 5.74) is -0.110. The molecular weight excluding hydrogens is 367 g/mol.